The molecule has 62 valence electrons. The van der Waals surface area contributed by atoms with E-state index in [1.54, 1.807) is 0 Å². The lowest BCUT2D eigenvalue weighted by atomic mass is 9.91. The maximum atomic E-state index is 5.75. The van der Waals surface area contributed by atoms with E-state index in [4.69, 9.17) is 4.74 Å². The summed E-state index contributed by atoms with van der Waals surface area (Å²) in [6.07, 6.45) is 3.35. The van der Waals surface area contributed by atoms with Crippen LogP contribution in [-0.4, -0.2) is 11.7 Å². The van der Waals surface area contributed by atoms with Crippen LogP contribution >= 0.6 is 0 Å². The van der Waals surface area contributed by atoms with Crippen molar-refractivity contribution in [2.24, 2.45) is 17.3 Å². The quantitative estimate of drug-likeness (QED) is 0.485. The molecule has 0 aromatic carbocycles. The number of epoxide rings is 1. The Hall–Kier alpha value is -0.0400. The molecule has 1 aliphatic heterocycles. The van der Waals surface area contributed by atoms with Crippen molar-refractivity contribution in [2.45, 2.75) is 45.3 Å². The molecule has 0 aromatic rings. The van der Waals surface area contributed by atoms with Gasteiger partial charge in [-0.1, -0.05) is 13.8 Å². The molecule has 1 nitrogen and oxygen atoms in total. The molecule has 2 saturated carbocycles. The topological polar surface area (TPSA) is 12.5 Å². The normalized spacial score (nSPS) is 63.0. The molecule has 4 atom stereocenters. The van der Waals surface area contributed by atoms with Crippen molar-refractivity contribution in [3.63, 3.8) is 0 Å². The van der Waals surface area contributed by atoms with Crippen molar-refractivity contribution in [1.82, 2.24) is 0 Å². The van der Waals surface area contributed by atoms with Gasteiger partial charge in [0, 0.05) is 0 Å². The number of hydrogen-bond donors (Lipinski definition) is 0. The van der Waals surface area contributed by atoms with Crippen LogP contribution in [0.3, 0.4) is 0 Å². The third kappa shape index (κ3) is 0.581. The predicted octanol–water partition coefficient (Wildman–Crippen LogP) is 2.21. The van der Waals surface area contributed by atoms with Crippen molar-refractivity contribution >= 4 is 0 Å². The highest BCUT2D eigenvalue weighted by Gasteiger charge is 2.74. The van der Waals surface area contributed by atoms with Gasteiger partial charge >= 0.3 is 0 Å². The van der Waals surface area contributed by atoms with E-state index in [1.165, 1.54) is 12.8 Å². The Morgan fingerprint density at radius 2 is 2.00 bits per heavy atom. The van der Waals surface area contributed by atoms with E-state index < -0.39 is 0 Å². The summed E-state index contributed by atoms with van der Waals surface area (Å²) in [5.41, 5.74) is 0.924. The first kappa shape index (κ1) is 6.47. The zero-order valence-electron chi connectivity index (χ0n) is 7.55. The molecule has 3 aliphatic rings. The lowest BCUT2D eigenvalue weighted by Gasteiger charge is -2.09. The Labute approximate surface area is 68.1 Å². The minimum Gasteiger partial charge on any atom is -0.366 e. The van der Waals surface area contributed by atoms with Crippen molar-refractivity contribution in [1.29, 1.82) is 0 Å². The van der Waals surface area contributed by atoms with Gasteiger partial charge in [-0.15, -0.1) is 0 Å². The van der Waals surface area contributed by atoms with Crippen LogP contribution in [0.15, 0.2) is 0 Å². The number of rotatable bonds is 0. The van der Waals surface area contributed by atoms with Crippen LogP contribution in [-0.2, 0) is 4.74 Å². The lowest BCUT2D eigenvalue weighted by molar-refractivity contribution is 0.286. The Bertz CT molecular complexity index is 221. The van der Waals surface area contributed by atoms with E-state index in [-0.39, 0.29) is 0 Å². The van der Waals surface area contributed by atoms with Gasteiger partial charge in [-0.05, 0) is 37.0 Å². The van der Waals surface area contributed by atoms with Gasteiger partial charge < -0.3 is 4.74 Å². The molecular weight excluding hydrogens is 136 g/mol. The van der Waals surface area contributed by atoms with Gasteiger partial charge in [0.25, 0.3) is 0 Å². The molecule has 3 fully saturated rings. The number of hydrogen-bond acceptors (Lipinski definition) is 1. The Morgan fingerprint density at radius 3 is 2.64 bits per heavy atom. The fraction of sp³-hybridized carbons (Fsp3) is 1.00. The minimum absolute atomic E-state index is 0.314. The molecule has 1 saturated heterocycles. The second-order valence-corrected chi connectivity index (χ2v) is 5.34. The second-order valence-electron chi connectivity index (χ2n) is 5.34. The molecule has 1 heterocycles. The zero-order chi connectivity index (χ0) is 7.85. The first-order valence-electron chi connectivity index (χ1n) is 4.73. The summed E-state index contributed by atoms with van der Waals surface area (Å²) in [5, 5.41) is 0. The summed E-state index contributed by atoms with van der Waals surface area (Å²) < 4.78 is 5.75. The van der Waals surface area contributed by atoms with Crippen LogP contribution in [0, 0.1) is 17.3 Å². The highest BCUT2D eigenvalue weighted by atomic mass is 16.6. The van der Waals surface area contributed by atoms with E-state index in [2.05, 4.69) is 20.8 Å². The molecule has 0 N–H and O–H groups in total. The molecule has 0 spiro atoms. The van der Waals surface area contributed by atoms with Crippen LogP contribution in [0.1, 0.15) is 33.6 Å². The van der Waals surface area contributed by atoms with Gasteiger partial charge in [0.15, 0.2) is 0 Å². The summed E-state index contributed by atoms with van der Waals surface area (Å²) in [6, 6.07) is 0. The zero-order valence-corrected chi connectivity index (χ0v) is 7.55. The fourth-order valence-corrected chi connectivity index (χ4v) is 3.29. The average molecular weight is 152 g/mol. The second kappa shape index (κ2) is 1.39. The Morgan fingerprint density at radius 1 is 1.27 bits per heavy atom. The van der Waals surface area contributed by atoms with Gasteiger partial charge in [-0.3, -0.25) is 0 Å². The highest BCUT2D eigenvalue weighted by molar-refractivity contribution is 5.21. The van der Waals surface area contributed by atoms with Crippen LogP contribution in [0.4, 0.5) is 0 Å². The standard InChI is InChI=1S/C10H16O/c1-9(2)6-4-5-10(3)8(11-10)7(6)9/h6-8H,4-5H2,1-3H3/t6-,7-,8?,10+/m0/s1. The van der Waals surface area contributed by atoms with Crippen molar-refractivity contribution < 1.29 is 4.74 Å². The van der Waals surface area contributed by atoms with Gasteiger partial charge in [0.05, 0.1) is 11.7 Å². The maximum absolute atomic E-state index is 5.75. The summed E-state index contributed by atoms with van der Waals surface area (Å²) in [6.45, 7) is 7.08. The molecule has 0 radical (unpaired) electrons. The molecule has 0 amide bonds. The third-order valence-corrected chi connectivity index (χ3v) is 4.36. The summed E-state index contributed by atoms with van der Waals surface area (Å²) in [7, 11) is 0. The minimum atomic E-state index is 0.314. The van der Waals surface area contributed by atoms with Crippen molar-refractivity contribution in [3.8, 4) is 0 Å². The SMILES string of the molecule is CC1(C)[C@@H]2C3O[C@]3(C)CC[C@@H]21. The first-order valence-corrected chi connectivity index (χ1v) is 4.73. The van der Waals surface area contributed by atoms with Crippen molar-refractivity contribution in [3.05, 3.63) is 0 Å². The van der Waals surface area contributed by atoms with Crippen LogP contribution in [0.5, 0.6) is 0 Å². The molecule has 11 heavy (non-hydrogen) atoms. The van der Waals surface area contributed by atoms with E-state index in [9.17, 15) is 0 Å². The van der Waals surface area contributed by atoms with E-state index in [0.717, 1.165) is 11.8 Å². The molecule has 0 bridgehead atoms. The van der Waals surface area contributed by atoms with Crippen LogP contribution in [0.2, 0.25) is 0 Å². The van der Waals surface area contributed by atoms with Crippen LogP contribution in [0.25, 0.3) is 0 Å². The molecule has 2 aliphatic carbocycles. The summed E-state index contributed by atoms with van der Waals surface area (Å²) >= 11 is 0. The van der Waals surface area contributed by atoms with Crippen molar-refractivity contribution in [2.75, 3.05) is 0 Å². The highest BCUT2D eigenvalue weighted by Crippen LogP contribution is 2.72. The molecular formula is C10H16O. The van der Waals surface area contributed by atoms with Gasteiger partial charge in [0.1, 0.15) is 0 Å². The van der Waals surface area contributed by atoms with Gasteiger partial charge in [-0.2, -0.15) is 0 Å². The smallest absolute Gasteiger partial charge is 0.0923 e. The molecule has 1 unspecified atom stereocenters. The summed E-state index contributed by atoms with van der Waals surface area (Å²) in [5.74, 6) is 1.89. The van der Waals surface area contributed by atoms with E-state index in [1.807, 2.05) is 0 Å². The third-order valence-electron chi connectivity index (χ3n) is 4.36. The molecule has 0 aromatic heterocycles. The van der Waals surface area contributed by atoms with E-state index in [0.29, 0.717) is 17.1 Å². The fourth-order valence-electron chi connectivity index (χ4n) is 3.29. The lowest BCUT2D eigenvalue weighted by Crippen LogP contribution is -2.16. The Kier molecular flexibility index (Phi) is 0.820. The number of ether oxygens (including phenoxy) is 1. The monoisotopic (exact) mass is 152 g/mol. The van der Waals surface area contributed by atoms with Gasteiger partial charge in [0.2, 0.25) is 0 Å². The average Bonchev–Trinajstić information content (AvgIpc) is 2.69. The largest absolute Gasteiger partial charge is 0.366 e. The Balaban J connectivity index is 1.90. The van der Waals surface area contributed by atoms with Crippen LogP contribution < -0.4 is 0 Å². The van der Waals surface area contributed by atoms with Gasteiger partial charge in [-0.25, -0.2) is 0 Å². The predicted molar refractivity (Wildman–Crippen MR) is 43.3 cm³/mol. The van der Waals surface area contributed by atoms with E-state index >= 15 is 0 Å². The molecule has 3 rings (SSSR count). The maximum Gasteiger partial charge on any atom is 0.0923 e. The summed E-state index contributed by atoms with van der Waals surface area (Å²) in [4.78, 5) is 0. The number of fused-ring (bicyclic) bond motifs is 3. The molecule has 1 heteroatoms. The first-order chi connectivity index (χ1) is 5.06.